The van der Waals surface area contributed by atoms with Gasteiger partial charge < -0.3 is 35.0 Å². The molecular weight excluding hydrogens is 256 g/mol. The van der Waals surface area contributed by atoms with Crippen molar-refractivity contribution in [2.45, 2.75) is 37.6 Å². The Balaban J connectivity index is 4.75. The van der Waals surface area contributed by atoms with E-state index in [1.807, 2.05) is 0 Å². The smallest absolute Gasteiger partial charge is 0.0965 e. The van der Waals surface area contributed by atoms with Crippen LogP contribution in [0, 0.1) is 0 Å². The molecule has 7 nitrogen and oxygen atoms in total. The third-order valence-corrected chi connectivity index (χ3v) is 2.69. The Hall–Kier alpha value is -0.280. The summed E-state index contributed by atoms with van der Waals surface area (Å²) in [6, 6.07) is 0. The van der Waals surface area contributed by atoms with Crippen molar-refractivity contribution in [1.82, 2.24) is 0 Å². The third kappa shape index (κ3) is 7.78. The first-order valence-corrected chi connectivity index (χ1v) is 6.44. The fourth-order valence-electron chi connectivity index (χ4n) is 1.98. The van der Waals surface area contributed by atoms with Crippen LogP contribution in [0.4, 0.5) is 0 Å². The molecule has 2 atom stereocenters. The number of ether oxygens (including phenoxy) is 2. The summed E-state index contributed by atoms with van der Waals surface area (Å²) in [5.41, 5.74) is -1.01. The van der Waals surface area contributed by atoms with Gasteiger partial charge in [-0.3, -0.25) is 0 Å². The monoisotopic (exact) mass is 282 g/mol. The molecule has 0 saturated heterocycles. The highest BCUT2D eigenvalue weighted by Gasteiger charge is 2.35. The fraction of sp³-hybridized carbons (Fsp3) is 1.00. The summed E-state index contributed by atoms with van der Waals surface area (Å²) < 4.78 is 10.8. The zero-order chi connectivity index (χ0) is 14.7. The second-order valence-electron chi connectivity index (χ2n) is 4.47. The molecule has 19 heavy (non-hydrogen) atoms. The number of rotatable bonds is 12. The van der Waals surface area contributed by atoms with E-state index in [2.05, 4.69) is 0 Å². The van der Waals surface area contributed by atoms with Gasteiger partial charge in [0.2, 0.25) is 0 Å². The van der Waals surface area contributed by atoms with E-state index >= 15 is 0 Å². The first-order chi connectivity index (χ1) is 9.03. The number of hydrogen-bond donors (Lipinski definition) is 5. The lowest BCUT2D eigenvalue weighted by molar-refractivity contribution is -0.142. The van der Waals surface area contributed by atoms with E-state index in [0.29, 0.717) is 6.61 Å². The van der Waals surface area contributed by atoms with Crippen LogP contribution in [-0.4, -0.2) is 83.0 Å². The van der Waals surface area contributed by atoms with Crippen LogP contribution >= 0.6 is 0 Å². The highest BCUT2D eigenvalue weighted by Crippen LogP contribution is 2.25. The van der Waals surface area contributed by atoms with Crippen molar-refractivity contribution in [3.05, 3.63) is 0 Å². The van der Waals surface area contributed by atoms with E-state index in [9.17, 15) is 10.2 Å². The average Bonchev–Trinajstić information content (AvgIpc) is 2.39. The number of aliphatic hydroxyl groups is 5. The Morgan fingerprint density at radius 3 is 1.89 bits per heavy atom. The lowest BCUT2D eigenvalue weighted by Gasteiger charge is -2.36. The summed E-state index contributed by atoms with van der Waals surface area (Å²) in [5.74, 6) is 0. The van der Waals surface area contributed by atoms with E-state index < -0.39 is 31.0 Å². The molecule has 0 rings (SSSR count). The molecule has 0 fully saturated rings. The van der Waals surface area contributed by atoms with Crippen molar-refractivity contribution in [1.29, 1.82) is 0 Å². The van der Waals surface area contributed by atoms with Crippen molar-refractivity contribution in [2.24, 2.45) is 0 Å². The molecular formula is C12H26O7. The summed E-state index contributed by atoms with van der Waals surface area (Å²) in [5, 5.41) is 45.7. The first-order valence-electron chi connectivity index (χ1n) is 6.44. The maximum atomic E-state index is 9.58. The summed E-state index contributed by atoms with van der Waals surface area (Å²) >= 11 is 0. The molecule has 0 aliphatic rings. The molecule has 0 aliphatic heterocycles. The molecule has 7 heteroatoms. The lowest BCUT2D eigenvalue weighted by atomic mass is 9.90. The molecule has 5 N–H and O–H groups in total. The second-order valence-corrected chi connectivity index (χ2v) is 4.47. The lowest BCUT2D eigenvalue weighted by Crippen LogP contribution is -2.45. The van der Waals surface area contributed by atoms with Crippen LogP contribution in [0.25, 0.3) is 0 Å². The van der Waals surface area contributed by atoms with Crippen LogP contribution in [-0.2, 0) is 9.47 Å². The Kier molecular flexibility index (Phi) is 10.3. The summed E-state index contributed by atoms with van der Waals surface area (Å²) in [4.78, 5) is 0. The second kappa shape index (κ2) is 10.5. The van der Waals surface area contributed by atoms with Gasteiger partial charge in [-0.15, -0.1) is 0 Å². The molecule has 0 aromatic rings. The van der Waals surface area contributed by atoms with Gasteiger partial charge >= 0.3 is 0 Å². The standard InChI is InChI=1S/C12H26O7/c1-2-19-12(5-10(16)7-14,6-11(17)8-15)9-18-4-3-13/h10-11,13-17H,2-9H2,1H3. The predicted octanol–water partition coefficient (Wildman–Crippen LogP) is -1.74. The van der Waals surface area contributed by atoms with Crippen LogP contribution in [0.5, 0.6) is 0 Å². The first kappa shape index (κ1) is 18.7. The molecule has 0 amide bonds. The molecule has 0 aromatic carbocycles. The van der Waals surface area contributed by atoms with Gasteiger partial charge in [0.1, 0.15) is 0 Å². The Labute approximate surface area is 113 Å². The zero-order valence-electron chi connectivity index (χ0n) is 11.4. The normalized spacial score (nSPS) is 18.0. The van der Waals surface area contributed by atoms with Crippen LogP contribution < -0.4 is 0 Å². The van der Waals surface area contributed by atoms with Crippen molar-refractivity contribution in [3.8, 4) is 0 Å². The largest absolute Gasteiger partial charge is 0.394 e. The number of hydrogen-bond acceptors (Lipinski definition) is 7. The highest BCUT2D eigenvalue weighted by atomic mass is 16.5. The number of aliphatic hydroxyl groups excluding tert-OH is 5. The summed E-state index contributed by atoms with van der Waals surface area (Å²) in [6.45, 7) is 1.26. The summed E-state index contributed by atoms with van der Waals surface area (Å²) in [6.07, 6.45) is -1.87. The fourth-order valence-corrected chi connectivity index (χ4v) is 1.98. The zero-order valence-corrected chi connectivity index (χ0v) is 11.4. The molecule has 2 unspecified atom stereocenters. The van der Waals surface area contributed by atoms with E-state index in [-0.39, 0.29) is 32.7 Å². The maximum absolute atomic E-state index is 9.58. The van der Waals surface area contributed by atoms with Crippen LogP contribution in [0.3, 0.4) is 0 Å². The molecule has 0 radical (unpaired) electrons. The van der Waals surface area contributed by atoms with Gasteiger partial charge in [-0.25, -0.2) is 0 Å². The minimum Gasteiger partial charge on any atom is -0.394 e. The van der Waals surface area contributed by atoms with E-state index in [1.54, 1.807) is 6.92 Å². The van der Waals surface area contributed by atoms with Gasteiger partial charge in [0.25, 0.3) is 0 Å². The Morgan fingerprint density at radius 2 is 1.53 bits per heavy atom. The van der Waals surface area contributed by atoms with Crippen molar-refractivity contribution in [3.63, 3.8) is 0 Å². The molecule has 116 valence electrons. The van der Waals surface area contributed by atoms with Gasteiger partial charge in [0, 0.05) is 19.4 Å². The van der Waals surface area contributed by atoms with Gasteiger partial charge in [-0.2, -0.15) is 0 Å². The SMILES string of the molecule is CCOC(COCCO)(CC(O)CO)CC(O)CO. The molecule has 0 spiro atoms. The average molecular weight is 282 g/mol. The topological polar surface area (TPSA) is 120 Å². The Bertz CT molecular complexity index is 200. The minimum absolute atomic E-state index is 0.0511. The third-order valence-electron chi connectivity index (χ3n) is 2.69. The van der Waals surface area contributed by atoms with Gasteiger partial charge in [0.05, 0.1) is 50.8 Å². The van der Waals surface area contributed by atoms with Gasteiger partial charge in [-0.1, -0.05) is 0 Å². The van der Waals surface area contributed by atoms with Crippen LogP contribution in [0.2, 0.25) is 0 Å². The maximum Gasteiger partial charge on any atom is 0.0965 e. The van der Waals surface area contributed by atoms with Crippen molar-refractivity contribution in [2.75, 3.05) is 39.6 Å². The van der Waals surface area contributed by atoms with E-state index in [1.165, 1.54) is 0 Å². The molecule has 0 saturated carbocycles. The highest BCUT2D eigenvalue weighted by molar-refractivity contribution is 4.86. The van der Waals surface area contributed by atoms with Crippen LogP contribution in [0.15, 0.2) is 0 Å². The molecule has 0 aliphatic carbocycles. The molecule has 0 aromatic heterocycles. The van der Waals surface area contributed by atoms with Crippen molar-refractivity contribution < 1.29 is 35.0 Å². The summed E-state index contributed by atoms with van der Waals surface area (Å²) in [7, 11) is 0. The van der Waals surface area contributed by atoms with E-state index in [4.69, 9.17) is 24.8 Å². The molecule has 0 heterocycles. The molecule has 0 bridgehead atoms. The van der Waals surface area contributed by atoms with E-state index in [0.717, 1.165) is 0 Å². The minimum atomic E-state index is -1.01. The Morgan fingerprint density at radius 1 is 1.00 bits per heavy atom. The quantitative estimate of drug-likeness (QED) is 0.269. The van der Waals surface area contributed by atoms with Crippen LogP contribution in [0.1, 0.15) is 19.8 Å². The van der Waals surface area contributed by atoms with Gasteiger partial charge in [0.15, 0.2) is 0 Å². The van der Waals surface area contributed by atoms with Crippen molar-refractivity contribution >= 4 is 0 Å². The van der Waals surface area contributed by atoms with Gasteiger partial charge in [-0.05, 0) is 6.92 Å². The predicted molar refractivity (Wildman–Crippen MR) is 67.7 cm³/mol.